The first kappa shape index (κ1) is 25.1. The van der Waals surface area contributed by atoms with Crippen LogP contribution in [0.5, 0.6) is 5.75 Å². The second-order valence-corrected chi connectivity index (χ2v) is 10.0. The Morgan fingerprint density at radius 3 is 2.00 bits per heavy atom. The van der Waals surface area contributed by atoms with Gasteiger partial charge in [-0.05, 0) is 92.4 Å². The molecule has 1 nitrogen and oxygen atoms in total. The molecular formula is C27H38F4O. The van der Waals surface area contributed by atoms with E-state index in [4.69, 9.17) is 0 Å². The quantitative estimate of drug-likeness (QED) is 0.356. The van der Waals surface area contributed by atoms with Crippen molar-refractivity contribution >= 4 is 5.57 Å². The average molecular weight is 455 g/mol. The molecule has 180 valence electrons. The lowest BCUT2D eigenvalue weighted by atomic mass is 9.68. The standard InChI is InChI=1S/C27H38F4O/c1-3-5-20-8-12-22(13-9-20)23-14-10-21(11-15-23)7-4-6-19(2)24-16-17-26(25(28)18-24)32-27(29,30)31/h6,16-18,20-23H,3-5,7-15H2,1-2H3. The van der Waals surface area contributed by atoms with Crippen LogP contribution in [0.4, 0.5) is 17.6 Å². The smallest absolute Gasteiger partial charge is 0.403 e. The number of hydrogen-bond donors (Lipinski definition) is 0. The van der Waals surface area contributed by atoms with Crippen molar-refractivity contribution in [2.24, 2.45) is 23.7 Å². The van der Waals surface area contributed by atoms with Gasteiger partial charge in [-0.2, -0.15) is 0 Å². The third-order valence-corrected chi connectivity index (χ3v) is 7.78. The zero-order valence-corrected chi connectivity index (χ0v) is 19.5. The molecule has 0 atom stereocenters. The van der Waals surface area contributed by atoms with E-state index >= 15 is 0 Å². The van der Waals surface area contributed by atoms with E-state index < -0.39 is 17.9 Å². The van der Waals surface area contributed by atoms with Crippen molar-refractivity contribution in [2.45, 2.75) is 97.3 Å². The Morgan fingerprint density at radius 1 is 0.938 bits per heavy atom. The maximum Gasteiger partial charge on any atom is 0.573 e. The third-order valence-electron chi connectivity index (χ3n) is 7.78. The number of halogens is 4. The molecule has 32 heavy (non-hydrogen) atoms. The van der Waals surface area contributed by atoms with E-state index in [0.717, 1.165) is 54.2 Å². The van der Waals surface area contributed by atoms with Crippen molar-refractivity contribution in [3.63, 3.8) is 0 Å². The zero-order valence-electron chi connectivity index (χ0n) is 19.5. The van der Waals surface area contributed by atoms with Crippen molar-refractivity contribution in [1.29, 1.82) is 0 Å². The van der Waals surface area contributed by atoms with Gasteiger partial charge in [0.05, 0.1) is 0 Å². The molecule has 2 saturated carbocycles. The topological polar surface area (TPSA) is 9.23 Å². The number of benzene rings is 1. The fourth-order valence-corrected chi connectivity index (χ4v) is 5.91. The van der Waals surface area contributed by atoms with Crippen LogP contribution in [0.1, 0.15) is 96.5 Å². The van der Waals surface area contributed by atoms with E-state index in [9.17, 15) is 17.6 Å². The van der Waals surface area contributed by atoms with Crippen molar-refractivity contribution in [3.05, 3.63) is 35.7 Å². The first-order valence-electron chi connectivity index (χ1n) is 12.5. The van der Waals surface area contributed by atoms with Gasteiger partial charge in [-0.15, -0.1) is 13.2 Å². The van der Waals surface area contributed by atoms with E-state index in [1.807, 2.05) is 6.92 Å². The minimum atomic E-state index is -4.89. The summed E-state index contributed by atoms with van der Waals surface area (Å²) in [5.74, 6) is 1.83. The van der Waals surface area contributed by atoms with Gasteiger partial charge in [-0.3, -0.25) is 0 Å². The maximum atomic E-state index is 14.0. The van der Waals surface area contributed by atoms with Crippen LogP contribution in [-0.4, -0.2) is 6.36 Å². The second kappa shape index (κ2) is 11.6. The van der Waals surface area contributed by atoms with Crippen LogP contribution in [-0.2, 0) is 0 Å². The summed E-state index contributed by atoms with van der Waals surface area (Å²) in [6.45, 7) is 4.18. The van der Waals surface area contributed by atoms with E-state index in [1.165, 1.54) is 70.3 Å². The molecule has 2 fully saturated rings. The van der Waals surface area contributed by atoms with Gasteiger partial charge in [0, 0.05) is 0 Å². The minimum absolute atomic E-state index is 0.597. The predicted octanol–water partition coefficient (Wildman–Crippen LogP) is 9.32. The van der Waals surface area contributed by atoms with Gasteiger partial charge in [0.1, 0.15) is 0 Å². The van der Waals surface area contributed by atoms with Crippen molar-refractivity contribution in [1.82, 2.24) is 0 Å². The van der Waals surface area contributed by atoms with Crippen LogP contribution in [0.3, 0.4) is 0 Å². The highest BCUT2D eigenvalue weighted by Crippen LogP contribution is 2.43. The lowest BCUT2D eigenvalue weighted by Gasteiger charge is -2.38. The molecule has 2 aliphatic carbocycles. The van der Waals surface area contributed by atoms with Crippen molar-refractivity contribution < 1.29 is 22.3 Å². The molecular weight excluding hydrogens is 416 g/mol. The number of ether oxygens (including phenoxy) is 1. The lowest BCUT2D eigenvalue weighted by molar-refractivity contribution is -0.275. The molecule has 0 aromatic heterocycles. The highest BCUT2D eigenvalue weighted by atomic mass is 19.4. The summed E-state index contributed by atoms with van der Waals surface area (Å²) in [5, 5.41) is 0. The number of alkyl halides is 3. The first-order chi connectivity index (χ1) is 15.2. The summed E-state index contributed by atoms with van der Waals surface area (Å²) in [7, 11) is 0. The van der Waals surface area contributed by atoms with Gasteiger partial charge in [0.25, 0.3) is 0 Å². The molecule has 0 heterocycles. The van der Waals surface area contributed by atoms with Crippen LogP contribution in [0.25, 0.3) is 5.57 Å². The summed E-state index contributed by atoms with van der Waals surface area (Å²) in [4.78, 5) is 0. The Kier molecular flexibility index (Phi) is 9.07. The maximum absolute atomic E-state index is 14.0. The molecule has 0 bridgehead atoms. The summed E-state index contributed by atoms with van der Waals surface area (Å²) in [6.07, 6.45) is 13.1. The summed E-state index contributed by atoms with van der Waals surface area (Å²) >= 11 is 0. The Labute approximate surface area is 190 Å². The third kappa shape index (κ3) is 7.52. The molecule has 0 radical (unpaired) electrons. The molecule has 0 aliphatic heterocycles. The summed E-state index contributed by atoms with van der Waals surface area (Å²) in [6, 6.07) is 3.65. The highest BCUT2D eigenvalue weighted by Gasteiger charge is 2.32. The first-order valence-corrected chi connectivity index (χ1v) is 12.5. The van der Waals surface area contributed by atoms with Gasteiger partial charge < -0.3 is 4.74 Å². The number of rotatable bonds is 8. The molecule has 0 saturated heterocycles. The Bertz CT molecular complexity index is 739. The molecule has 1 aromatic rings. The van der Waals surface area contributed by atoms with Crippen molar-refractivity contribution in [3.8, 4) is 5.75 Å². The van der Waals surface area contributed by atoms with Gasteiger partial charge in [-0.1, -0.05) is 57.6 Å². The normalized spacial score (nSPS) is 27.4. The largest absolute Gasteiger partial charge is 0.573 e. The zero-order chi connectivity index (χ0) is 23.1. The van der Waals surface area contributed by atoms with Gasteiger partial charge in [0.2, 0.25) is 0 Å². The minimum Gasteiger partial charge on any atom is -0.403 e. The van der Waals surface area contributed by atoms with Gasteiger partial charge >= 0.3 is 6.36 Å². The summed E-state index contributed by atoms with van der Waals surface area (Å²) in [5.41, 5.74) is 1.49. The fraction of sp³-hybridized carbons (Fsp3) is 0.704. The van der Waals surface area contributed by atoms with E-state index in [-0.39, 0.29) is 0 Å². The van der Waals surface area contributed by atoms with Crippen LogP contribution < -0.4 is 4.74 Å². The lowest BCUT2D eigenvalue weighted by Crippen LogP contribution is -2.25. The molecule has 5 heteroatoms. The molecule has 3 rings (SSSR count). The second-order valence-electron chi connectivity index (χ2n) is 10.0. The molecule has 2 aliphatic rings. The van der Waals surface area contributed by atoms with Crippen molar-refractivity contribution in [2.75, 3.05) is 0 Å². The monoisotopic (exact) mass is 454 g/mol. The predicted molar refractivity (Wildman–Crippen MR) is 122 cm³/mol. The van der Waals surface area contributed by atoms with Crippen LogP contribution in [0.15, 0.2) is 24.3 Å². The van der Waals surface area contributed by atoms with E-state index in [1.54, 1.807) is 0 Å². The Hall–Kier alpha value is -1.52. The highest BCUT2D eigenvalue weighted by molar-refractivity contribution is 5.64. The Balaban J connectivity index is 1.41. The number of allylic oxidation sites excluding steroid dienone is 2. The molecule has 0 unspecified atom stereocenters. The molecule has 0 N–H and O–H groups in total. The van der Waals surface area contributed by atoms with Crippen LogP contribution in [0.2, 0.25) is 0 Å². The average Bonchev–Trinajstić information content (AvgIpc) is 2.75. The molecule has 0 spiro atoms. The van der Waals surface area contributed by atoms with Crippen LogP contribution in [0, 0.1) is 29.5 Å². The van der Waals surface area contributed by atoms with E-state index in [0.29, 0.717) is 5.56 Å². The van der Waals surface area contributed by atoms with Gasteiger partial charge in [-0.25, -0.2) is 4.39 Å². The Morgan fingerprint density at radius 2 is 1.50 bits per heavy atom. The SMILES string of the molecule is CCCC1CCC(C2CCC(CCC=C(C)c3ccc(OC(F)(F)F)c(F)c3)CC2)CC1. The summed E-state index contributed by atoms with van der Waals surface area (Å²) < 4.78 is 54.5. The van der Waals surface area contributed by atoms with E-state index in [2.05, 4.69) is 17.7 Å². The number of hydrogen-bond acceptors (Lipinski definition) is 1. The fourth-order valence-electron chi connectivity index (χ4n) is 5.91. The molecule has 0 amide bonds. The van der Waals surface area contributed by atoms with Gasteiger partial charge in [0.15, 0.2) is 11.6 Å². The molecule has 1 aromatic carbocycles. The van der Waals surface area contributed by atoms with Crippen LogP contribution >= 0.6 is 0 Å².